The van der Waals surface area contributed by atoms with Crippen LogP contribution in [0.4, 0.5) is 5.13 Å². The molecule has 3 N–H and O–H groups in total. The number of aromatic nitrogens is 1. The highest BCUT2D eigenvalue weighted by Crippen LogP contribution is 2.18. The first-order chi connectivity index (χ1) is 8.56. The second-order valence-electron chi connectivity index (χ2n) is 3.82. The summed E-state index contributed by atoms with van der Waals surface area (Å²) in [5.74, 6) is -0.240. The molecule has 1 aromatic carbocycles. The third kappa shape index (κ3) is 3.00. The molecule has 0 unspecified atom stereocenters. The molecule has 6 heteroatoms. The summed E-state index contributed by atoms with van der Waals surface area (Å²) in [7, 11) is 0. The van der Waals surface area contributed by atoms with Crippen molar-refractivity contribution in [3.8, 4) is 0 Å². The van der Waals surface area contributed by atoms with Crippen molar-refractivity contribution in [2.24, 2.45) is 0 Å². The van der Waals surface area contributed by atoms with E-state index >= 15 is 0 Å². The minimum Gasteiger partial charge on any atom is -0.375 e. The summed E-state index contributed by atoms with van der Waals surface area (Å²) >= 11 is 7.15. The molecule has 1 atom stereocenters. The number of amides is 1. The van der Waals surface area contributed by atoms with E-state index in [0.717, 1.165) is 5.56 Å². The van der Waals surface area contributed by atoms with Gasteiger partial charge in [0.15, 0.2) is 5.13 Å². The predicted octanol–water partition coefficient (Wildman–Crippen LogP) is 2.87. The molecule has 94 valence electrons. The Morgan fingerprint density at radius 1 is 1.56 bits per heavy atom. The maximum absolute atomic E-state index is 11.9. The predicted molar refractivity (Wildman–Crippen MR) is 73.9 cm³/mol. The van der Waals surface area contributed by atoms with Crippen molar-refractivity contribution < 1.29 is 4.79 Å². The maximum Gasteiger partial charge on any atom is 0.271 e. The topological polar surface area (TPSA) is 68.0 Å². The van der Waals surface area contributed by atoms with Crippen molar-refractivity contribution in [3.63, 3.8) is 0 Å². The number of nitrogen functional groups attached to an aromatic ring is 1. The summed E-state index contributed by atoms with van der Waals surface area (Å²) < 4.78 is 0. The van der Waals surface area contributed by atoms with Crippen molar-refractivity contribution in [3.05, 3.63) is 45.9 Å². The van der Waals surface area contributed by atoms with Gasteiger partial charge in [-0.05, 0) is 24.6 Å². The zero-order valence-electron chi connectivity index (χ0n) is 9.68. The lowest BCUT2D eigenvalue weighted by Gasteiger charge is -2.13. The van der Waals surface area contributed by atoms with E-state index < -0.39 is 0 Å². The molecule has 1 heterocycles. The number of thiazole rings is 1. The smallest absolute Gasteiger partial charge is 0.271 e. The third-order valence-corrected chi connectivity index (χ3v) is 3.36. The molecule has 18 heavy (non-hydrogen) atoms. The fourth-order valence-electron chi connectivity index (χ4n) is 1.52. The van der Waals surface area contributed by atoms with Gasteiger partial charge in [0.1, 0.15) is 5.69 Å². The van der Waals surface area contributed by atoms with Gasteiger partial charge in [0.25, 0.3) is 5.91 Å². The fraction of sp³-hybridized carbons (Fsp3) is 0.167. The Labute approximate surface area is 114 Å². The molecule has 0 aliphatic carbocycles. The average Bonchev–Trinajstić information content (AvgIpc) is 2.76. The van der Waals surface area contributed by atoms with Crippen LogP contribution in [0.2, 0.25) is 5.02 Å². The van der Waals surface area contributed by atoms with Crippen molar-refractivity contribution in [1.29, 1.82) is 0 Å². The number of hydrogen-bond acceptors (Lipinski definition) is 4. The summed E-state index contributed by atoms with van der Waals surface area (Å²) in [6.45, 7) is 1.89. The highest BCUT2D eigenvalue weighted by Gasteiger charge is 2.14. The van der Waals surface area contributed by atoms with Gasteiger partial charge in [-0.1, -0.05) is 23.7 Å². The van der Waals surface area contributed by atoms with Crippen molar-refractivity contribution >= 4 is 34.0 Å². The number of nitrogens with zero attached hydrogens (tertiary/aromatic N) is 1. The molecule has 0 aliphatic heterocycles. The molecule has 2 aromatic rings. The van der Waals surface area contributed by atoms with Crippen LogP contribution in [0.5, 0.6) is 0 Å². The second-order valence-corrected chi connectivity index (χ2v) is 5.15. The Hall–Kier alpha value is -1.59. The lowest BCUT2D eigenvalue weighted by Crippen LogP contribution is -2.26. The molecule has 0 saturated heterocycles. The first-order valence-electron chi connectivity index (χ1n) is 5.33. The number of carbonyl (C=O) groups is 1. The highest BCUT2D eigenvalue weighted by atomic mass is 35.5. The number of nitrogens with two attached hydrogens (primary N) is 1. The molecule has 0 bridgehead atoms. The quantitative estimate of drug-likeness (QED) is 0.909. The standard InChI is InChI=1S/C12H12ClN3OS/c1-7(8-3-2-4-9(13)5-8)15-11(17)10-6-18-12(14)16-10/h2-7H,1H3,(H2,14,16)(H,15,17)/t7-/m1/s1. The van der Waals surface area contributed by atoms with Crippen LogP contribution >= 0.6 is 22.9 Å². The zero-order chi connectivity index (χ0) is 13.1. The van der Waals surface area contributed by atoms with E-state index in [2.05, 4.69) is 10.3 Å². The van der Waals surface area contributed by atoms with Gasteiger partial charge in [0.05, 0.1) is 6.04 Å². The van der Waals surface area contributed by atoms with E-state index in [1.54, 1.807) is 11.4 Å². The fourth-order valence-corrected chi connectivity index (χ4v) is 2.26. The Kier molecular flexibility index (Phi) is 3.84. The Balaban J connectivity index is 2.07. The number of benzene rings is 1. The number of rotatable bonds is 3. The largest absolute Gasteiger partial charge is 0.375 e. The van der Waals surface area contributed by atoms with Gasteiger partial charge in [0.2, 0.25) is 0 Å². The van der Waals surface area contributed by atoms with E-state index in [1.807, 2.05) is 25.1 Å². The molecule has 0 radical (unpaired) electrons. The van der Waals surface area contributed by atoms with Gasteiger partial charge in [0, 0.05) is 10.4 Å². The first kappa shape index (κ1) is 12.9. The Bertz CT molecular complexity index is 570. The maximum atomic E-state index is 11.9. The minimum absolute atomic E-state index is 0.140. The van der Waals surface area contributed by atoms with Crippen molar-refractivity contribution in [1.82, 2.24) is 10.3 Å². The highest BCUT2D eigenvalue weighted by molar-refractivity contribution is 7.13. The molecule has 0 saturated carbocycles. The Morgan fingerprint density at radius 2 is 2.33 bits per heavy atom. The van der Waals surface area contributed by atoms with Crippen molar-refractivity contribution in [2.45, 2.75) is 13.0 Å². The molecule has 1 aromatic heterocycles. The van der Waals surface area contributed by atoms with E-state index in [9.17, 15) is 4.79 Å². The van der Waals surface area contributed by atoms with Gasteiger partial charge >= 0.3 is 0 Å². The van der Waals surface area contributed by atoms with Crippen LogP contribution in [0.25, 0.3) is 0 Å². The number of halogens is 1. The van der Waals surface area contributed by atoms with Crippen molar-refractivity contribution in [2.75, 3.05) is 5.73 Å². The zero-order valence-corrected chi connectivity index (χ0v) is 11.3. The lowest BCUT2D eigenvalue weighted by atomic mass is 10.1. The van der Waals surface area contributed by atoms with Crippen LogP contribution in [0.15, 0.2) is 29.6 Å². The SMILES string of the molecule is C[C@@H](NC(=O)c1csc(N)n1)c1cccc(Cl)c1. The lowest BCUT2D eigenvalue weighted by molar-refractivity contribution is 0.0935. The van der Waals surface area contributed by atoms with Crippen LogP contribution in [0.1, 0.15) is 29.0 Å². The summed E-state index contributed by atoms with van der Waals surface area (Å²) in [6.07, 6.45) is 0. The molecule has 4 nitrogen and oxygen atoms in total. The van der Waals surface area contributed by atoms with Gasteiger partial charge in [-0.25, -0.2) is 4.98 Å². The normalized spacial score (nSPS) is 12.1. The minimum atomic E-state index is -0.240. The number of nitrogens with one attached hydrogen (secondary N) is 1. The van der Waals surface area contributed by atoms with Crippen LogP contribution in [0.3, 0.4) is 0 Å². The van der Waals surface area contributed by atoms with E-state index in [-0.39, 0.29) is 11.9 Å². The van der Waals surface area contributed by atoms with Crippen LogP contribution < -0.4 is 11.1 Å². The molecule has 2 rings (SSSR count). The second kappa shape index (κ2) is 5.37. The van der Waals surface area contributed by atoms with Crippen LogP contribution in [0, 0.1) is 0 Å². The Morgan fingerprint density at radius 3 is 2.94 bits per heavy atom. The van der Waals surface area contributed by atoms with Gasteiger partial charge < -0.3 is 11.1 Å². The molecular formula is C12H12ClN3OS. The number of carbonyl (C=O) groups excluding carboxylic acids is 1. The summed E-state index contributed by atoms with van der Waals surface area (Å²) in [5, 5.41) is 5.51. The monoisotopic (exact) mass is 281 g/mol. The average molecular weight is 282 g/mol. The van der Waals surface area contributed by atoms with Crippen LogP contribution in [-0.2, 0) is 0 Å². The number of anilines is 1. The van der Waals surface area contributed by atoms with E-state index in [0.29, 0.717) is 15.8 Å². The third-order valence-electron chi connectivity index (χ3n) is 2.45. The molecule has 0 fully saturated rings. The van der Waals surface area contributed by atoms with E-state index in [1.165, 1.54) is 11.3 Å². The molecule has 0 aliphatic rings. The molecular weight excluding hydrogens is 270 g/mol. The number of hydrogen-bond donors (Lipinski definition) is 2. The first-order valence-corrected chi connectivity index (χ1v) is 6.59. The van der Waals surface area contributed by atoms with Gasteiger partial charge in [-0.3, -0.25) is 4.79 Å². The molecule has 1 amide bonds. The summed E-state index contributed by atoms with van der Waals surface area (Å²) in [6, 6.07) is 7.23. The van der Waals surface area contributed by atoms with Gasteiger partial charge in [-0.2, -0.15) is 0 Å². The van der Waals surface area contributed by atoms with E-state index in [4.69, 9.17) is 17.3 Å². The summed E-state index contributed by atoms with van der Waals surface area (Å²) in [5.41, 5.74) is 6.77. The van der Waals surface area contributed by atoms with Crippen LogP contribution in [-0.4, -0.2) is 10.9 Å². The summed E-state index contributed by atoms with van der Waals surface area (Å²) in [4.78, 5) is 15.8. The van der Waals surface area contributed by atoms with Gasteiger partial charge in [-0.15, -0.1) is 11.3 Å². The molecule has 0 spiro atoms.